The van der Waals surface area contributed by atoms with E-state index in [-0.39, 0.29) is 5.82 Å². The van der Waals surface area contributed by atoms with Gasteiger partial charge in [0.1, 0.15) is 5.82 Å². The van der Waals surface area contributed by atoms with Crippen molar-refractivity contribution in [2.75, 3.05) is 5.73 Å². The van der Waals surface area contributed by atoms with Crippen molar-refractivity contribution in [2.45, 2.75) is 17.7 Å². The minimum atomic E-state index is -0.254. The molecular weight excluding hydrogens is 237 g/mol. The summed E-state index contributed by atoms with van der Waals surface area (Å²) in [6.07, 6.45) is 0. The molecule has 0 saturated carbocycles. The van der Waals surface area contributed by atoms with E-state index in [9.17, 15) is 4.39 Å². The van der Waals surface area contributed by atoms with Crippen LogP contribution in [0.25, 0.3) is 0 Å². The Balaban J connectivity index is 2.12. The summed E-state index contributed by atoms with van der Waals surface area (Å²) in [5.74, 6) is 0.388. The highest BCUT2D eigenvalue weighted by Gasteiger charge is 2.06. The molecule has 0 aliphatic heterocycles. The molecule has 2 rings (SSSR count). The van der Waals surface area contributed by atoms with Crippen LogP contribution in [-0.4, -0.2) is 9.78 Å². The third kappa shape index (κ3) is 2.79. The molecule has 0 saturated heterocycles. The minimum absolute atomic E-state index is 0.254. The average Bonchev–Trinajstić information content (AvgIpc) is 2.59. The maximum atomic E-state index is 13.1. The van der Waals surface area contributed by atoms with Crippen molar-refractivity contribution in [2.24, 2.45) is 7.05 Å². The maximum Gasteiger partial charge on any atom is 0.123 e. The lowest BCUT2D eigenvalue weighted by Crippen LogP contribution is -1.96. The Kier molecular flexibility index (Phi) is 3.38. The number of halogens is 1. The Morgan fingerprint density at radius 3 is 2.82 bits per heavy atom. The van der Waals surface area contributed by atoms with Crippen molar-refractivity contribution in [3.05, 3.63) is 41.3 Å². The largest absolute Gasteiger partial charge is 0.398 e. The standard InChI is InChI=1S/C12H14FN3S/c1-8-5-12(16(2)15-8)17-7-9-6-10(13)3-4-11(9)14/h3-6H,7,14H2,1-2H3. The molecule has 3 nitrogen and oxygen atoms in total. The lowest BCUT2D eigenvalue weighted by Gasteiger charge is -2.05. The third-order valence-electron chi connectivity index (χ3n) is 2.44. The van der Waals surface area contributed by atoms with Gasteiger partial charge in [-0.15, -0.1) is 11.8 Å². The number of aromatic nitrogens is 2. The van der Waals surface area contributed by atoms with Gasteiger partial charge in [0.25, 0.3) is 0 Å². The first kappa shape index (κ1) is 12.0. The topological polar surface area (TPSA) is 43.8 Å². The van der Waals surface area contributed by atoms with Crippen molar-refractivity contribution in [3.63, 3.8) is 0 Å². The number of aryl methyl sites for hydroxylation is 2. The molecule has 2 N–H and O–H groups in total. The fraction of sp³-hybridized carbons (Fsp3) is 0.250. The zero-order valence-corrected chi connectivity index (χ0v) is 10.6. The van der Waals surface area contributed by atoms with E-state index in [1.54, 1.807) is 17.8 Å². The molecule has 1 heterocycles. The van der Waals surface area contributed by atoms with Crippen LogP contribution in [0.1, 0.15) is 11.3 Å². The number of nitrogens with two attached hydrogens (primary N) is 1. The number of nitrogen functional groups attached to an aromatic ring is 1. The van der Waals surface area contributed by atoms with Crippen LogP contribution in [0.3, 0.4) is 0 Å². The second-order valence-corrected chi connectivity index (χ2v) is 4.88. The summed E-state index contributed by atoms with van der Waals surface area (Å²) in [6, 6.07) is 6.45. The van der Waals surface area contributed by atoms with Crippen LogP contribution in [0, 0.1) is 12.7 Å². The molecule has 90 valence electrons. The third-order valence-corrected chi connectivity index (χ3v) is 3.57. The van der Waals surface area contributed by atoms with E-state index in [4.69, 9.17) is 5.73 Å². The predicted octanol–water partition coefficient (Wildman–Crippen LogP) is 2.74. The van der Waals surface area contributed by atoms with Crippen LogP contribution < -0.4 is 5.73 Å². The molecule has 0 spiro atoms. The summed E-state index contributed by atoms with van der Waals surface area (Å²) in [5, 5.41) is 5.30. The highest BCUT2D eigenvalue weighted by Crippen LogP contribution is 2.26. The number of benzene rings is 1. The van der Waals surface area contributed by atoms with E-state index < -0.39 is 0 Å². The number of hydrogen-bond donors (Lipinski definition) is 1. The van der Waals surface area contributed by atoms with Crippen LogP contribution in [0.4, 0.5) is 10.1 Å². The molecule has 1 aromatic carbocycles. The quantitative estimate of drug-likeness (QED) is 0.674. The van der Waals surface area contributed by atoms with Gasteiger partial charge in [-0.1, -0.05) is 0 Å². The van der Waals surface area contributed by atoms with Gasteiger partial charge in [-0.25, -0.2) is 4.39 Å². The highest BCUT2D eigenvalue weighted by atomic mass is 32.2. The van der Waals surface area contributed by atoms with Gasteiger partial charge >= 0.3 is 0 Å². The van der Waals surface area contributed by atoms with Gasteiger partial charge < -0.3 is 5.73 Å². The van der Waals surface area contributed by atoms with Crippen LogP contribution in [0.2, 0.25) is 0 Å². The average molecular weight is 251 g/mol. The second-order valence-electron chi connectivity index (χ2n) is 3.88. The molecule has 0 aliphatic rings. The van der Waals surface area contributed by atoms with E-state index in [1.807, 2.05) is 24.7 Å². The van der Waals surface area contributed by atoms with Gasteiger partial charge in [0.15, 0.2) is 0 Å². The van der Waals surface area contributed by atoms with E-state index >= 15 is 0 Å². The maximum absolute atomic E-state index is 13.1. The van der Waals surface area contributed by atoms with Crippen molar-refractivity contribution in [1.82, 2.24) is 9.78 Å². The van der Waals surface area contributed by atoms with Crippen LogP contribution >= 0.6 is 11.8 Å². The molecule has 0 atom stereocenters. The fourth-order valence-electron chi connectivity index (χ4n) is 1.57. The summed E-state index contributed by atoms with van der Waals surface area (Å²) >= 11 is 1.60. The molecule has 0 bridgehead atoms. The number of nitrogens with zero attached hydrogens (tertiary/aromatic N) is 2. The molecule has 2 aromatic rings. The van der Waals surface area contributed by atoms with Gasteiger partial charge in [0.2, 0.25) is 0 Å². The smallest absolute Gasteiger partial charge is 0.123 e. The van der Waals surface area contributed by atoms with E-state index in [0.717, 1.165) is 16.3 Å². The van der Waals surface area contributed by atoms with Gasteiger partial charge in [0.05, 0.1) is 10.7 Å². The zero-order chi connectivity index (χ0) is 12.4. The van der Waals surface area contributed by atoms with E-state index in [2.05, 4.69) is 5.10 Å². The minimum Gasteiger partial charge on any atom is -0.398 e. The molecule has 0 radical (unpaired) electrons. The molecule has 5 heteroatoms. The monoisotopic (exact) mass is 251 g/mol. The molecule has 0 fully saturated rings. The Morgan fingerprint density at radius 2 is 2.18 bits per heavy atom. The SMILES string of the molecule is Cc1cc(SCc2cc(F)ccc2N)n(C)n1. The molecular formula is C12H14FN3S. The summed E-state index contributed by atoms with van der Waals surface area (Å²) in [5.41, 5.74) is 8.21. The first-order valence-electron chi connectivity index (χ1n) is 5.23. The zero-order valence-electron chi connectivity index (χ0n) is 9.77. The Morgan fingerprint density at radius 1 is 1.41 bits per heavy atom. The Labute approximate surface area is 104 Å². The van der Waals surface area contributed by atoms with Crippen molar-refractivity contribution < 1.29 is 4.39 Å². The Bertz CT molecular complexity index is 537. The molecule has 17 heavy (non-hydrogen) atoms. The molecule has 0 amide bonds. The number of thioether (sulfide) groups is 1. The molecule has 1 aromatic heterocycles. The van der Waals surface area contributed by atoms with Gasteiger partial charge in [-0.3, -0.25) is 4.68 Å². The summed E-state index contributed by atoms with van der Waals surface area (Å²) < 4.78 is 14.9. The summed E-state index contributed by atoms with van der Waals surface area (Å²) in [4.78, 5) is 0. The van der Waals surface area contributed by atoms with Crippen LogP contribution in [0.15, 0.2) is 29.3 Å². The van der Waals surface area contributed by atoms with Crippen molar-refractivity contribution >= 4 is 17.4 Å². The second kappa shape index (κ2) is 4.79. The summed E-state index contributed by atoms with van der Waals surface area (Å²) in [6.45, 7) is 1.95. The first-order valence-corrected chi connectivity index (χ1v) is 6.22. The van der Waals surface area contributed by atoms with Crippen molar-refractivity contribution in [1.29, 1.82) is 0 Å². The van der Waals surface area contributed by atoms with E-state index in [0.29, 0.717) is 11.4 Å². The van der Waals surface area contributed by atoms with Crippen LogP contribution in [-0.2, 0) is 12.8 Å². The number of anilines is 1. The van der Waals surface area contributed by atoms with Crippen molar-refractivity contribution in [3.8, 4) is 0 Å². The summed E-state index contributed by atoms with van der Waals surface area (Å²) in [7, 11) is 1.89. The van der Waals surface area contributed by atoms with Gasteiger partial charge in [-0.05, 0) is 36.8 Å². The fourth-order valence-corrected chi connectivity index (χ4v) is 2.61. The lowest BCUT2D eigenvalue weighted by atomic mass is 10.2. The number of hydrogen-bond acceptors (Lipinski definition) is 3. The van der Waals surface area contributed by atoms with Gasteiger partial charge in [0, 0.05) is 18.5 Å². The first-order chi connectivity index (χ1) is 8.06. The molecule has 0 aliphatic carbocycles. The Hall–Kier alpha value is -1.49. The normalized spacial score (nSPS) is 10.8. The van der Waals surface area contributed by atoms with E-state index in [1.165, 1.54) is 12.1 Å². The predicted molar refractivity (Wildman–Crippen MR) is 68.3 cm³/mol. The van der Waals surface area contributed by atoms with Gasteiger partial charge in [-0.2, -0.15) is 5.10 Å². The van der Waals surface area contributed by atoms with Crippen LogP contribution in [0.5, 0.6) is 0 Å². The lowest BCUT2D eigenvalue weighted by molar-refractivity contribution is 0.626. The highest BCUT2D eigenvalue weighted by molar-refractivity contribution is 7.98. The molecule has 0 unspecified atom stereocenters. The number of rotatable bonds is 3.